The van der Waals surface area contributed by atoms with E-state index in [0.717, 1.165) is 32.4 Å². The maximum atomic E-state index is 5.88. The molecule has 0 amide bonds. The van der Waals surface area contributed by atoms with E-state index in [0.29, 0.717) is 12.6 Å². The van der Waals surface area contributed by atoms with Gasteiger partial charge in [-0.25, -0.2) is 0 Å². The third-order valence-corrected chi connectivity index (χ3v) is 3.33. The zero-order valence-electron chi connectivity index (χ0n) is 9.92. The Hall–Kier alpha value is -0.160. The molecule has 3 N–H and O–H groups in total. The Morgan fingerprint density at radius 2 is 2.27 bits per heavy atom. The first-order valence-electron chi connectivity index (χ1n) is 5.73. The summed E-state index contributed by atoms with van der Waals surface area (Å²) in [5, 5.41) is 3.52. The summed E-state index contributed by atoms with van der Waals surface area (Å²) < 4.78 is 10.5. The Morgan fingerprint density at radius 1 is 1.47 bits per heavy atom. The van der Waals surface area contributed by atoms with Crippen molar-refractivity contribution in [3.8, 4) is 0 Å². The first kappa shape index (κ1) is 12.9. The van der Waals surface area contributed by atoms with Crippen molar-refractivity contribution in [2.45, 2.75) is 37.3 Å². The van der Waals surface area contributed by atoms with Crippen molar-refractivity contribution in [1.82, 2.24) is 5.32 Å². The molecule has 0 aromatic carbocycles. The molecule has 1 aliphatic carbocycles. The molecule has 1 saturated carbocycles. The number of methoxy groups -OCH3 is 2. The van der Waals surface area contributed by atoms with Crippen molar-refractivity contribution < 1.29 is 9.47 Å². The van der Waals surface area contributed by atoms with E-state index in [1.807, 2.05) is 0 Å². The number of ether oxygens (including phenoxy) is 2. The lowest BCUT2D eigenvalue weighted by Crippen LogP contribution is -2.56. The maximum Gasteiger partial charge on any atom is 0.0589 e. The average Bonchev–Trinajstić information content (AvgIpc) is 2.30. The van der Waals surface area contributed by atoms with Gasteiger partial charge in [0.25, 0.3) is 0 Å². The number of nitrogens with one attached hydrogen (secondary N) is 1. The van der Waals surface area contributed by atoms with Crippen LogP contribution in [0.15, 0.2) is 0 Å². The van der Waals surface area contributed by atoms with Gasteiger partial charge in [0.1, 0.15) is 0 Å². The van der Waals surface area contributed by atoms with Crippen molar-refractivity contribution in [1.29, 1.82) is 0 Å². The van der Waals surface area contributed by atoms with Gasteiger partial charge in [-0.05, 0) is 25.7 Å². The molecular weight excluding hydrogens is 192 g/mol. The molecule has 0 aromatic rings. The van der Waals surface area contributed by atoms with Crippen LogP contribution in [0.4, 0.5) is 0 Å². The molecule has 0 aromatic heterocycles. The summed E-state index contributed by atoms with van der Waals surface area (Å²) in [6.07, 6.45) is 4.87. The summed E-state index contributed by atoms with van der Waals surface area (Å²) in [5.74, 6) is 0. The summed E-state index contributed by atoms with van der Waals surface area (Å²) in [5.41, 5.74) is 5.95. The van der Waals surface area contributed by atoms with Crippen LogP contribution >= 0.6 is 0 Å². The Labute approximate surface area is 92.5 Å². The highest BCUT2D eigenvalue weighted by atomic mass is 16.5. The number of hydrogen-bond donors (Lipinski definition) is 2. The molecule has 2 atom stereocenters. The molecule has 2 unspecified atom stereocenters. The SMILES string of the molecule is COCCNC1(CN)CCCC(OC)C1. The molecule has 0 aliphatic heterocycles. The minimum absolute atomic E-state index is 0.0669. The van der Waals surface area contributed by atoms with Crippen LogP contribution in [-0.2, 0) is 9.47 Å². The monoisotopic (exact) mass is 216 g/mol. The fourth-order valence-corrected chi connectivity index (χ4v) is 2.35. The normalized spacial score (nSPS) is 31.8. The molecule has 1 rings (SSSR count). The molecule has 0 bridgehead atoms. The van der Waals surface area contributed by atoms with E-state index in [2.05, 4.69) is 5.32 Å². The minimum atomic E-state index is 0.0669. The van der Waals surface area contributed by atoms with Gasteiger partial charge in [-0.3, -0.25) is 0 Å². The standard InChI is InChI=1S/C11H24N2O2/c1-14-7-6-13-11(9-12)5-3-4-10(8-11)15-2/h10,13H,3-9,12H2,1-2H3. The summed E-state index contributed by atoms with van der Waals surface area (Å²) in [4.78, 5) is 0. The van der Waals surface area contributed by atoms with E-state index in [1.165, 1.54) is 6.42 Å². The summed E-state index contributed by atoms with van der Waals surface area (Å²) >= 11 is 0. The van der Waals surface area contributed by atoms with Gasteiger partial charge >= 0.3 is 0 Å². The van der Waals surface area contributed by atoms with Crippen LogP contribution in [0.1, 0.15) is 25.7 Å². The zero-order chi connectivity index (χ0) is 11.1. The van der Waals surface area contributed by atoms with Gasteiger partial charge in [0.2, 0.25) is 0 Å². The summed E-state index contributed by atoms with van der Waals surface area (Å²) in [6, 6.07) is 0. The molecule has 0 heterocycles. The molecular formula is C11H24N2O2. The molecule has 1 aliphatic rings. The summed E-state index contributed by atoms with van der Waals surface area (Å²) in [7, 11) is 3.50. The van der Waals surface area contributed by atoms with E-state index < -0.39 is 0 Å². The van der Waals surface area contributed by atoms with Crippen LogP contribution in [0.3, 0.4) is 0 Å². The largest absolute Gasteiger partial charge is 0.383 e. The number of nitrogens with two attached hydrogens (primary N) is 1. The number of hydrogen-bond acceptors (Lipinski definition) is 4. The van der Waals surface area contributed by atoms with E-state index in [-0.39, 0.29) is 5.54 Å². The Balaban J connectivity index is 2.43. The molecule has 15 heavy (non-hydrogen) atoms. The van der Waals surface area contributed by atoms with Crippen molar-refractivity contribution in [2.75, 3.05) is 33.9 Å². The van der Waals surface area contributed by atoms with Crippen LogP contribution in [0.25, 0.3) is 0 Å². The molecule has 0 spiro atoms. The molecule has 4 nitrogen and oxygen atoms in total. The van der Waals surface area contributed by atoms with Gasteiger partial charge in [-0.15, -0.1) is 0 Å². The molecule has 0 saturated heterocycles. The third-order valence-electron chi connectivity index (χ3n) is 3.33. The van der Waals surface area contributed by atoms with E-state index in [9.17, 15) is 0 Å². The van der Waals surface area contributed by atoms with E-state index in [4.69, 9.17) is 15.2 Å². The Morgan fingerprint density at radius 3 is 2.87 bits per heavy atom. The average molecular weight is 216 g/mol. The van der Waals surface area contributed by atoms with Crippen LogP contribution in [0.5, 0.6) is 0 Å². The van der Waals surface area contributed by atoms with Crippen LogP contribution in [0.2, 0.25) is 0 Å². The van der Waals surface area contributed by atoms with Crippen molar-refractivity contribution in [2.24, 2.45) is 5.73 Å². The zero-order valence-corrected chi connectivity index (χ0v) is 9.92. The van der Waals surface area contributed by atoms with Crippen molar-refractivity contribution in [3.63, 3.8) is 0 Å². The van der Waals surface area contributed by atoms with Crippen LogP contribution < -0.4 is 11.1 Å². The maximum absolute atomic E-state index is 5.88. The lowest BCUT2D eigenvalue weighted by atomic mass is 9.80. The van der Waals surface area contributed by atoms with Gasteiger partial charge in [-0.2, -0.15) is 0 Å². The second-order valence-electron chi connectivity index (χ2n) is 4.36. The first-order valence-corrected chi connectivity index (χ1v) is 5.73. The molecule has 90 valence electrons. The van der Waals surface area contributed by atoms with Crippen LogP contribution in [0, 0.1) is 0 Å². The predicted molar refractivity (Wildman–Crippen MR) is 60.9 cm³/mol. The fourth-order valence-electron chi connectivity index (χ4n) is 2.35. The van der Waals surface area contributed by atoms with E-state index >= 15 is 0 Å². The molecule has 0 radical (unpaired) electrons. The molecule has 1 fully saturated rings. The first-order chi connectivity index (χ1) is 7.26. The second-order valence-corrected chi connectivity index (χ2v) is 4.36. The van der Waals surface area contributed by atoms with Crippen molar-refractivity contribution in [3.05, 3.63) is 0 Å². The third kappa shape index (κ3) is 3.72. The minimum Gasteiger partial charge on any atom is -0.383 e. The van der Waals surface area contributed by atoms with Gasteiger partial charge in [0.05, 0.1) is 12.7 Å². The number of rotatable bonds is 6. The van der Waals surface area contributed by atoms with Gasteiger partial charge in [0, 0.05) is 32.8 Å². The van der Waals surface area contributed by atoms with E-state index in [1.54, 1.807) is 14.2 Å². The van der Waals surface area contributed by atoms with Gasteiger partial charge in [-0.1, -0.05) is 0 Å². The summed E-state index contributed by atoms with van der Waals surface area (Å²) in [6.45, 7) is 2.28. The second kappa shape index (κ2) is 6.43. The Kier molecular flexibility index (Phi) is 5.53. The highest BCUT2D eigenvalue weighted by Gasteiger charge is 2.34. The van der Waals surface area contributed by atoms with Gasteiger partial charge < -0.3 is 20.5 Å². The highest BCUT2D eigenvalue weighted by Crippen LogP contribution is 2.29. The molecule has 4 heteroatoms. The lowest BCUT2D eigenvalue weighted by molar-refractivity contribution is 0.0308. The fraction of sp³-hybridized carbons (Fsp3) is 1.00. The topological polar surface area (TPSA) is 56.5 Å². The van der Waals surface area contributed by atoms with Crippen molar-refractivity contribution >= 4 is 0 Å². The van der Waals surface area contributed by atoms with Crippen LogP contribution in [-0.4, -0.2) is 45.6 Å². The Bertz CT molecular complexity index is 178. The van der Waals surface area contributed by atoms with Gasteiger partial charge in [0.15, 0.2) is 0 Å². The highest BCUT2D eigenvalue weighted by molar-refractivity contribution is 4.95. The lowest BCUT2D eigenvalue weighted by Gasteiger charge is -2.40. The predicted octanol–water partition coefficient (Wildman–Crippen LogP) is 0.509. The quantitative estimate of drug-likeness (QED) is 0.635. The smallest absolute Gasteiger partial charge is 0.0589 e.